The van der Waals surface area contributed by atoms with E-state index in [1.165, 1.54) is 10.6 Å². The molecule has 33 heavy (non-hydrogen) atoms. The van der Waals surface area contributed by atoms with Gasteiger partial charge in [-0.25, -0.2) is 9.50 Å². The summed E-state index contributed by atoms with van der Waals surface area (Å²) in [4.78, 5) is 29.1. The van der Waals surface area contributed by atoms with Crippen LogP contribution in [0.25, 0.3) is 16.9 Å². The monoisotopic (exact) mass is 459 g/mol. The number of nitrogens with one attached hydrogen (secondary N) is 2. The summed E-state index contributed by atoms with van der Waals surface area (Å²) in [6.45, 7) is 3.17. The van der Waals surface area contributed by atoms with E-state index in [0.717, 1.165) is 24.0 Å². The van der Waals surface area contributed by atoms with Gasteiger partial charge in [-0.2, -0.15) is 18.3 Å². The fraction of sp³-hybridized carbons (Fsp3) is 0.391. The van der Waals surface area contributed by atoms with Crippen LogP contribution in [0.4, 0.5) is 18.9 Å². The van der Waals surface area contributed by atoms with E-state index in [1.54, 1.807) is 25.3 Å². The van der Waals surface area contributed by atoms with Crippen LogP contribution in [-0.2, 0) is 0 Å². The third-order valence-corrected chi connectivity index (χ3v) is 5.48. The Balaban J connectivity index is 1.70. The Morgan fingerprint density at radius 2 is 1.97 bits per heavy atom. The Hall–Kier alpha value is -3.43. The molecule has 174 valence electrons. The summed E-state index contributed by atoms with van der Waals surface area (Å²) in [5.41, 5.74) is 3.37. The first-order chi connectivity index (χ1) is 15.7. The second-order valence-electron chi connectivity index (χ2n) is 8.17. The van der Waals surface area contributed by atoms with Gasteiger partial charge in [-0.15, -0.1) is 0 Å². The number of aryl methyl sites for hydroxylation is 1. The molecular weight excluding hydrogens is 435 g/mol. The lowest BCUT2D eigenvalue weighted by atomic mass is 10.0. The maximum absolute atomic E-state index is 12.6. The van der Waals surface area contributed by atoms with Gasteiger partial charge in [0.2, 0.25) is 0 Å². The molecule has 0 radical (unpaired) electrons. The van der Waals surface area contributed by atoms with Crippen molar-refractivity contribution in [3.8, 4) is 11.3 Å². The number of carbonyl (C=O) groups is 2. The number of aromatic nitrogens is 3. The first-order valence-electron chi connectivity index (χ1n) is 10.8. The molecule has 1 fully saturated rings. The first kappa shape index (κ1) is 22.8. The number of anilines is 1. The summed E-state index contributed by atoms with van der Waals surface area (Å²) in [5.74, 6) is -0.358. The highest BCUT2D eigenvalue weighted by molar-refractivity contribution is 5.97. The highest BCUT2D eigenvalue weighted by Gasteiger charge is 2.27. The van der Waals surface area contributed by atoms with Gasteiger partial charge in [0.05, 0.1) is 24.0 Å². The molecule has 4 rings (SSSR count). The molecule has 0 saturated heterocycles. The zero-order chi connectivity index (χ0) is 23.8. The predicted molar refractivity (Wildman–Crippen MR) is 117 cm³/mol. The second-order valence-corrected chi connectivity index (χ2v) is 8.17. The van der Waals surface area contributed by atoms with Gasteiger partial charge >= 0.3 is 6.18 Å². The second kappa shape index (κ2) is 8.84. The number of nitrogens with zero attached hydrogens (tertiary/aromatic N) is 3. The number of carbonyl (C=O) groups excluding carboxylic acids is 2. The molecular formula is C23H24F3N5O2. The number of rotatable bonds is 8. The predicted octanol–water partition coefficient (Wildman–Crippen LogP) is 4.55. The zero-order valence-corrected chi connectivity index (χ0v) is 18.3. The lowest BCUT2D eigenvalue weighted by molar-refractivity contribution is -0.131. The number of halogens is 3. The molecule has 10 heteroatoms. The summed E-state index contributed by atoms with van der Waals surface area (Å²) < 4.78 is 39.3. The molecule has 7 nitrogen and oxygen atoms in total. The summed E-state index contributed by atoms with van der Waals surface area (Å²) in [6, 6.07) is 7.01. The molecule has 1 aliphatic rings. The lowest BCUT2D eigenvalue weighted by Crippen LogP contribution is -2.26. The van der Waals surface area contributed by atoms with E-state index in [9.17, 15) is 22.8 Å². The van der Waals surface area contributed by atoms with Crippen molar-refractivity contribution in [2.24, 2.45) is 0 Å². The summed E-state index contributed by atoms with van der Waals surface area (Å²) >= 11 is 0. The van der Waals surface area contributed by atoms with Crippen molar-refractivity contribution in [1.82, 2.24) is 19.9 Å². The summed E-state index contributed by atoms with van der Waals surface area (Å²) in [6.07, 6.45) is -1.58. The minimum Gasteiger partial charge on any atom is -0.382 e. The molecule has 2 N–H and O–H groups in total. The number of hydrogen-bond acceptors (Lipinski definition) is 5. The van der Waals surface area contributed by atoms with Crippen LogP contribution in [-0.4, -0.2) is 45.1 Å². The average molecular weight is 459 g/mol. The number of alkyl halides is 3. The van der Waals surface area contributed by atoms with Crippen molar-refractivity contribution in [2.45, 2.75) is 51.7 Å². The molecule has 0 aliphatic heterocycles. The van der Waals surface area contributed by atoms with Gasteiger partial charge in [0.1, 0.15) is 5.69 Å². The number of amides is 1. The zero-order valence-electron chi connectivity index (χ0n) is 18.3. The first-order valence-corrected chi connectivity index (χ1v) is 10.8. The standard InChI is InChI=1S/C23H24F3N5O2/c1-3-20(32)17-11-18(27-9-8-23(24,25)26)21-28-12-19(31(21)30-17)14-4-7-16(13(2)10-14)22(33)29-15-5-6-15/h4,7,10-12,15,27H,3,5-6,8-9H2,1-2H3,(H,29,33). The SMILES string of the molecule is CCC(=O)c1cc(NCCC(F)(F)F)c2ncc(-c3ccc(C(=O)NC4CC4)c(C)c3)n2n1. The number of imidazole rings is 1. The third kappa shape index (κ3) is 5.15. The molecule has 1 aliphatic carbocycles. The molecule has 0 unspecified atom stereocenters. The molecule has 2 heterocycles. The van der Waals surface area contributed by atoms with E-state index in [-0.39, 0.29) is 36.4 Å². The van der Waals surface area contributed by atoms with Gasteiger partial charge in [0.25, 0.3) is 5.91 Å². The summed E-state index contributed by atoms with van der Waals surface area (Å²) in [5, 5.41) is 10.1. The van der Waals surface area contributed by atoms with Gasteiger partial charge in [0, 0.05) is 30.1 Å². The largest absolute Gasteiger partial charge is 0.390 e. The normalized spacial score (nSPS) is 13.8. The molecule has 1 aromatic carbocycles. The van der Waals surface area contributed by atoms with Crippen LogP contribution in [0.1, 0.15) is 59.0 Å². The van der Waals surface area contributed by atoms with Crippen molar-refractivity contribution in [3.63, 3.8) is 0 Å². The van der Waals surface area contributed by atoms with Crippen molar-refractivity contribution in [1.29, 1.82) is 0 Å². The van der Waals surface area contributed by atoms with E-state index < -0.39 is 12.6 Å². The number of hydrogen-bond donors (Lipinski definition) is 2. The maximum Gasteiger partial charge on any atom is 0.390 e. The van der Waals surface area contributed by atoms with Crippen LogP contribution >= 0.6 is 0 Å². The van der Waals surface area contributed by atoms with Crippen LogP contribution in [0.2, 0.25) is 0 Å². The Morgan fingerprint density at radius 1 is 1.21 bits per heavy atom. The third-order valence-electron chi connectivity index (χ3n) is 5.48. The Morgan fingerprint density at radius 3 is 2.61 bits per heavy atom. The van der Waals surface area contributed by atoms with Crippen molar-refractivity contribution in [2.75, 3.05) is 11.9 Å². The number of ketones is 1. The van der Waals surface area contributed by atoms with Crippen molar-refractivity contribution >= 4 is 23.0 Å². The Kier molecular flexibility index (Phi) is 6.09. The fourth-order valence-corrected chi connectivity index (χ4v) is 3.52. The maximum atomic E-state index is 12.6. The van der Waals surface area contributed by atoms with Gasteiger partial charge in [-0.05, 0) is 43.5 Å². The van der Waals surface area contributed by atoms with E-state index in [4.69, 9.17) is 0 Å². The minimum atomic E-state index is -4.30. The van der Waals surface area contributed by atoms with E-state index in [2.05, 4.69) is 20.7 Å². The lowest BCUT2D eigenvalue weighted by Gasteiger charge is -2.12. The van der Waals surface area contributed by atoms with Crippen LogP contribution in [0, 0.1) is 6.92 Å². The van der Waals surface area contributed by atoms with Gasteiger partial charge in [0.15, 0.2) is 11.4 Å². The van der Waals surface area contributed by atoms with E-state index in [1.807, 2.05) is 13.0 Å². The van der Waals surface area contributed by atoms with E-state index >= 15 is 0 Å². The van der Waals surface area contributed by atoms with Crippen LogP contribution in [0.5, 0.6) is 0 Å². The van der Waals surface area contributed by atoms with Gasteiger partial charge < -0.3 is 10.6 Å². The highest BCUT2D eigenvalue weighted by Crippen LogP contribution is 2.28. The van der Waals surface area contributed by atoms with Crippen molar-refractivity contribution in [3.05, 3.63) is 47.3 Å². The Bertz CT molecular complexity index is 1210. The van der Waals surface area contributed by atoms with Gasteiger partial charge in [-0.1, -0.05) is 13.0 Å². The molecule has 1 amide bonds. The van der Waals surface area contributed by atoms with Crippen molar-refractivity contribution < 1.29 is 22.8 Å². The molecule has 2 aromatic heterocycles. The number of Topliss-reactive ketones (excluding diaryl/α,β-unsaturated/α-hetero) is 1. The van der Waals surface area contributed by atoms with Crippen LogP contribution in [0.3, 0.4) is 0 Å². The quantitative estimate of drug-likeness (QED) is 0.483. The van der Waals surface area contributed by atoms with Gasteiger partial charge in [-0.3, -0.25) is 9.59 Å². The van der Waals surface area contributed by atoms with Crippen LogP contribution < -0.4 is 10.6 Å². The topological polar surface area (TPSA) is 88.4 Å². The molecule has 1 saturated carbocycles. The fourth-order valence-electron chi connectivity index (χ4n) is 3.52. The number of benzene rings is 1. The molecule has 0 atom stereocenters. The molecule has 3 aromatic rings. The Labute approximate surface area is 188 Å². The van der Waals surface area contributed by atoms with E-state index in [0.29, 0.717) is 22.6 Å². The highest BCUT2D eigenvalue weighted by atomic mass is 19.4. The number of fused-ring (bicyclic) bond motifs is 1. The van der Waals surface area contributed by atoms with Crippen LogP contribution in [0.15, 0.2) is 30.5 Å². The average Bonchev–Trinajstić information content (AvgIpc) is 3.46. The summed E-state index contributed by atoms with van der Waals surface area (Å²) in [7, 11) is 0. The molecule has 0 spiro atoms. The minimum absolute atomic E-state index is 0.121. The smallest absolute Gasteiger partial charge is 0.382 e. The molecule has 0 bridgehead atoms.